The number of ether oxygens (including phenoxy) is 2. The fourth-order valence-corrected chi connectivity index (χ4v) is 3.81. The molecule has 0 aliphatic carbocycles. The van der Waals surface area contributed by atoms with Gasteiger partial charge in [-0.15, -0.1) is 0 Å². The molecule has 4 rings (SSSR count). The highest BCUT2D eigenvalue weighted by Gasteiger charge is 2.25. The fraction of sp³-hybridized carbons (Fsp3) is 0.231. The van der Waals surface area contributed by atoms with Crippen molar-refractivity contribution in [1.29, 1.82) is 0 Å². The summed E-state index contributed by atoms with van der Waals surface area (Å²) in [6, 6.07) is 19.7. The Kier molecular flexibility index (Phi) is 7.54. The quantitative estimate of drug-likeness (QED) is 0.404. The number of urea groups is 1. The molecule has 2 N–H and O–H groups in total. The van der Waals surface area contributed by atoms with E-state index in [0.29, 0.717) is 47.4 Å². The van der Waals surface area contributed by atoms with Crippen LogP contribution in [0.3, 0.4) is 0 Å². The summed E-state index contributed by atoms with van der Waals surface area (Å²) in [6.07, 6.45) is 1.63. The second kappa shape index (κ2) is 10.9. The number of hydrogen-bond donors (Lipinski definition) is 2. The highest BCUT2D eigenvalue weighted by atomic mass is 35.5. The minimum Gasteiger partial charge on any atom is -0.494 e. The van der Waals surface area contributed by atoms with E-state index < -0.39 is 6.03 Å². The Bertz CT molecular complexity index is 1170. The molecule has 3 amide bonds. The largest absolute Gasteiger partial charge is 0.494 e. The van der Waals surface area contributed by atoms with Crippen molar-refractivity contribution >= 4 is 40.6 Å². The number of carbonyl (C=O) groups is 2. The van der Waals surface area contributed by atoms with Gasteiger partial charge in [-0.1, -0.05) is 36.7 Å². The van der Waals surface area contributed by atoms with Crippen LogP contribution < -0.4 is 25.0 Å². The summed E-state index contributed by atoms with van der Waals surface area (Å²) in [6.45, 7) is 3.04. The van der Waals surface area contributed by atoms with Crippen LogP contribution >= 0.6 is 11.6 Å². The van der Waals surface area contributed by atoms with Crippen LogP contribution in [-0.4, -0.2) is 31.7 Å². The lowest BCUT2D eigenvalue weighted by molar-refractivity contribution is -0.121. The van der Waals surface area contributed by atoms with Crippen LogP contribution in [0.15, 0.2) is 66.7 Å². The Hall–Kier alpha value is -3.71. The van der Waals surface area contributed by atoms with Crippen molar-refractivity contribution in [3.63, 3.8) is 0 Å². The molecule has 1 aliphatic heterocycles. The molecule has 1 aliphatic rings. The summed E-state index contributed by atoms with van der Waals surface area (Å²) in [5.41, 5.74) is 2.99. The third kappa shape index (κ3) is 5.99. The van der Waals surface area contributed by atoms with Crippen LogP contribution in [0.4, 0.5) is 21.9 Å². The number of nitrogens with one attached hydrogen (secondary N) is 2. The van der Waals surface area contributed by atoms with Crippen LogP contribution in [0.2, 0.25) is 5.02 Å². The molecule has 0 unspecified atom stereocenters. The number of anilines is 3. The average Bonchev–Trinajstić information content (AvgIpc) is 2.83. The van der Waals surface area contributed by atoms with E-state index in [9.17, 15) is 9.59 Å². The molecule has 0 saturated carbocycles. The van der Waals surface area contributed by atoms with E-state index in [1.807, 2.05) is 24.3 Å². The number of rotatable bonds is 8. The van der Waals surface area contributed by atoms with E-state index >= 15 is 0 Å². The molecule has 7 nitrogen and oxygen atoms in total. The highest BCUT2D eigenvalue weighted by molar-refractivity contribution is 6.30. The third-order valence-corrected chi connectivity index (χ3v) is 5.60. The normalized spacial score (nSPS) is 12.5. The van der Waals surface area contributed by atoms with Crippen LogP contribution in [0, 0.1) is 0 Å². The van der Waals surface area contributed by atoms with Gasteiger partial charge in [0.1, 0.15) is 11.5 Å². The van der Waals surface area contributed by atoms with Crippen LogP contribution in [0.25, 0.3) is 0 Å². The smallest absolute Gasteiger partial charge is 0.323 e. The Morgan fingerprint density at radius 3 is 2.56 bits per heavy atom. The molecule has 1 heterocycles. The van der Waals surface area contributed by atoms with Crippen molar-refractivity contribution in [2.24, 2.45) is 0 Å². The predicted octanol–water partition coefficient (Wildman–Crippen LogP) is 5.74. The fourth-order valence-electron chi connectivity index (χ4n) is 3.62. The molecule has 34 heavy (non-hydrogen) atoms. The van der Waals surface area contributed by atoms with Gasteiger partial charge in [0.05, 0.1) is 12.3 Å². The summed E-state index contributed by atoms with van der Waals surface area (Å²) in [4.78, 5) is 26.6. The Balaban J connectivity index is 1.36. The van der Waals surface area contributed by atoms with Crippen molar-refractivity contribution in [2.75, 3.05) is 35.3 Å². The molecule has 8 heteroatoms. The standard InChI is InChI=1S/C26H26ClN3O4/c1-2-18-7-10-22(11-8-18)33-14-4-13-30-23-16-21(9-12-24(23)34-17-25(30)31)29-26(32)28-20-6-3-5-19(27)15-20/h3,5-12,15-16H,2,4,13-14,17H2,1H3,(H2,28,29,32). The summed E-state index contributed by atoms with van der Waals surface area (Å²) in [7, 11) is 0. The zero-order valence-electron chi connectivity index (χ0n) is 18.8. The lowest BCUT2D eigenvalue weighted by atomic mass is 10.2. The maximum absolute atomic E-state index is 12.5. The lowest BCUT2D eigenvalue weighted by Crippen LogP contribution is -2.39. The van der Waals surface area contributed by atoms with E-state index in [2.05, 4.69) is 17.6 Å². The van der Waals surface area contributed by atoms with Gasteiger partial charge in [0.25, 0.3) is 5.91 Å². The first kappa shape index (κ1) is 23.4. The molecule has 0 atom stereocenters. The minimum absolute atomic E-state index is 0.0195. The summed E-state index contributed by atoms with van der Waals surface area (Å²) in [5.74, 6) is 1.26. The van der Waals surface area contributed by atoms with E-state index in [0.717, 1.165) is 12.2 Å². The van der Waals surface area contributed by atoms with E-state index in [-0.39, 0.29) is 12.5 Å². The molecule has 0 radical (unpaired) electrons. The maximum atomic E-state index is 12.5. The molecule has 0 bridgehead atoms. The van der Waals surface area contributed by atoms with Crippen molar-refractivity contribution in [2.45, 2.75) is 19.8 Å². The SMILES string of the molecule is CCc1ccc(OCCCN2C(=O)COc3ccc(NC(=O)Nc4cccc(Cl)c4)cc32)cc1. The van der Waals surface area contributed by atoms with Gasteiger partial charge in [-0.3, -0.25) is 4.79 Å². The number of nitrogens with zero attached hydrogens (tertiary/aromatic N) is 1. The Labute approximate surface area is 203 Å². The molecule has 3 aromatic rings. The van der Waals surface area contributed by atoms with Gasteiger partial charge in [-0.2, -0.15) is 0 Å². The van der Waals surface area contributed by atoms with Gasteiger partial charge in [0, 0.05) is 22.9 Å². The summed E-state index contributed by atoms with van der Waals surface area (Å²) < 4.78 is 11.4. The molecule has 3 aromatic carbocycles. The summed E-state index contributed by atoms with van der Waals surface area (Å²) in [5, 5.41) is 6.04. The average molecular weight is 480 g/mol. The van der Waals surface area contributed by atoms with Crippen molar-refractivity contribution < 1.29 is 19.1 Å². The molecular formula is C26H26ClN3O4. The van der Waals surface area contributed by atoms with Gasteiger partial charge in [-0.25, -0.2) is 4.79 Å². The zero-order chi connectivity index (χ0) is 23.9. The van der Waals surface area contributed by atoms with E-state index in [4.69, 9.17) is 21.1 Å². The number of hydrogen-bond acceptors (Lipinski definition) is 4. The second-order valence-corrected chi connectivity index (χ2v) is 8.24. The topological polar surface area (TPSA) is 79.9 Å². The molecule has 0 saturated heterocycles. The van der Waals surface area contributed by atoms with Crippen LogP contribution in [-0.2, 0) is 11.2 Å². The maximum Gasteiger partial charge on any atom is 0.323 e. The lowest BCUT2D eigenvalue weighted by Gasteiger charge is -2.30. The molecule has 0 fully saturated rings. The minimum atomic E-state index is -0.417. The van der Waals surface area contributed by atoms with E-state index in [1.165, 1.54) is 5.56 Å². The first-order chi connectivity index (χ1) is 16.5. The monoisotopic (exact) mass is 479 g/mol. The Morgan fingerprint density at radius 2 is 1.82 bits per heavy atom. The van der Waals surface area contributed by atoms with Crippen LogP contribution in [0.5, 0.6) is 11.5 Å². The van der Waals surface area contributed by atoms with Crippen molar-refractivity contribution in [1.82, 2.24) is 0 Å². The number of benzene rings is 3. The predicted molar refractivity (Wildman–Crippen MR) is 134 cm³/mol. The molecular weight excluding hydrogens is 454 g/mol. The number of halogens is 1. The molecule has 0 spiro atoms. The highest BCUT2D eigenvalue weighted by Crippen LogP contribution is 2.34. The van der Waals surface area contributed by atoms with Gasteiger partial charge in [0.2, 0.25) is 0 Å². The number of aryl methyl sites for hydroxylation is 1. The third-order valence-electron chi connectivity index (χ3n) is 5.37. The van der Waals surface area contributed by atoms with Crippen molar-refractivity contribution in [3.05, 3.63) is 77.3 Å². The number of amides is 3. The van der Waals surface area contributed by atoms with Crippen molar-refractivity contribution in [3.8, 4) is 11.5 Å². The molecule has 0 aromatic heterocycles. The summed E-state index contributed by atoms with van der Waals surface area (Å²) >= 11 is 5.96. The first-order valence-electron chi connectivity index (χ1n) is 11.1. The number of fused-ring (bicyclic) bond motifs is 1. The zero-order valence-corrected chi connectivity index (χ0v) is 19.6. The van der Waals surface area contributed by atoms with Gasteiger partial charge < -0.3 is 25.0 Å². The Morgan fingerprint density at radius 1 is 1.06 bits per heavy atom. The first-order valence-corrected chi connectivity index (χ1v) is 11.5. The van der Waals surface area contributed by atoms with E-state index in [1.54, 1.807) is 47.4 Å². The van der Waals surface area contributed by atoms with Gasteiger partial charge in [0.15, 0.2) is 6.61 Å². The van der Waals surface area contributed by atoms with Gasteiger partial charge in [-0.05, 0) is 66.9 Å². The number of carbonyl (C=O) groups excluding carboxylic acids is 2. The second-order valence-electron chi connectivity index (χ2n) is 7.81. The molecule has 176 valence electrons. The van der Waals surface area contributed by atoms with Crippen LogP contribution in [0.1, 0.15) is 18.9 Å². The van der Waals surface area contributed by atoms with Gasteiger partial charge >= 0.3 is 6.03 Å².